The average molecular weight is 442 g/mol. The van der Waals surface area contributed by atoms with Crippen LogP contribution in [0.15, 0.2) is 65.6 Å². The molecule has 0 fully saturated rings. The molecule has 9 heteroatoms. The molecule has 0 saturated carbocycles. The summed E-state index contributed by atoms with van der Waals surface area (Å²) in [5.74, 6) is 0.475. The number of rotatable bonds is 5. The maximum absolute atomic E-state index is 12.5. The molecule has 3 aromatic carbocycles. The highest BCUT2D eigenvalue weighted by molar-refractivity contribution is 7.89. The van der Waals surface area contributed by atoms with Gasteiger partial charge in [-0.1, -0.05) is 11.6 Å². The molecule has 3 aromatic rings. The van der Waals surface area contributed by atoms with Crippen LogP contribution in [0.5, 0.6) is 11.5 Å². The molecule has 0 aliphatic heterocycles. The van der Waals surface area contributed by atoms with Gasteiger partial charge in [0.25, 0.3) is 5.91 Å². The Balaban J connectivity index is 1.74. The van der Waals surface area contributed by atoms with Gasteiger partial charge in [0.05, 0.1) is 21.6 Å². The predicted octanol–water partition coefficient (Wildman–Crippen LogP) is 4.21. The van der Waals surface area contributed by atoms with Gasteiger partial charge in [0.2, 0.25) is 10.0 Å². The van der Waals surface area contributed by atoms with Gasteiger partial charge in [0.15, 0.2) is 0 Å². The number of aryl methyl sites for hydroxylation is 1. The van der Waals surface area contributed by atoms with E-state index < -0.39 is 15.9 Å². The van der Waals surface area contributed by atoms with Crippen LogP contribution in [0.1, 0.15) is 21.5 Å². The average Bonchev–Trinajstić information content (AvgIpc) is 2.70. The first kappa shape index (κ1) is 21.3. The topological polar surface area (TPSA) is 122 Å². The summed E-state index contributed by atoms with van der Waals surface area (Å²) in [6.07, 6.45) is 0. The summed E-state index contributed by atoms with van der Waals surface area (Å²) in [4.78, 5) is 12.4. The third kappa shape index (κ3) is 4.96. The van der Waals surface area contributed by atoms with Crippen molar-refractivity contribution < 1.29 is 17.9 Å². The molecular weight excluding hydrogens is 426 g/mol. The number of carbonyl (C=O) groups excluding carboxylic acids is 1. The fraction of sp³-hybridized carbons (Fsp3) is 0.0476. The van der Waals surface area contributed by atoms with E-state index in [2.05, 4.69) is 11.4 Å². The zero-order valence-electron chi connectivity index (χ0n) is 15.7. The summed E-state index contributed by atoms with van der Waals surface area (Å²) in [5, 5.41) is 16.9. The van der Waals surface area contributed by atoms with E-state index in [1.54, 1.807) is 30.3 Å². The number of nitriles is 1. The number of amides is 1. The van der Waals surface area contributed by atoms with Gasteiger partial charge in [-0.25, -0.2) is 13.6 Å². The van der Waals surface area contributed by atoms with E-state index in [0.29, 0.717) is 28.3 Å². The second-order valence-corrected chi connectivity index (χ2v) is 8.33. The zero-order chi connectivity index (χ0) is 21.9. The quantitative estimate of drug-likeness (QED) is 0.613. The van der Waals surface area contributed by atoms with Gasteiger partial charge in [-0.05, 0) is 73.2 Å². The van der Waals surface area contributed by atoms with Gasteiger partial charge in [-0.15, -0.1) is 0 Å². The lowest BCUT2D eigenvalue weighted by molar-refractivity contribution is 0.102. The monoisotopic (exact) mass is 441 g/mol. The van der Waals surface area contributed by atoms with Crippen LogP contribution >= 0.6 is 11.6 Å². The SMILES string of the molecule is Cc1cc(C#N)ccc1Oc1ccc(C(=O)Nc2ccc(S(N)(=O)=O)cc2)cc1Cl. The van der Waals surface area contributed by atoms with Crippen LogP contribution in [0.4, 0.5) is 5.69 Å². The van der Waals surface area contributed by atoms with Crippen LogP contribution in [0.3, 0.4) is 0 Å². The first-order valence-electron chi connectivity index (χ1n) is 8.60. The summed E-state index contributed by atoms with van der Waals surface area (Å²) < 4.78 is 28.4. The molecule has 0 heterocycles. The van der Waals surface area contributed by atoms with Crippen LogP contribution in [-0.4, -0.2) is 14.3 Å². The minimum atomic E-state index is -3.80. The highest BCUT2D eigenvalue weighted by Crippen LogP contribution is 2.32. The number of ether oxygens (including phenoxy) is 1. The smallest absolute Gasteiger partial charge is 0.255 e. The number of anilines is 1. The van der Waals surface area contributed by atoms with E-state index in [1.165, 1.54) is 30.3 Å². The molecule has 0 unspecified atom stereocenters. The predicted molar refractivity (Wildman–Crippen MR) is 113 cm³/mol. The van der Waals surface area contributed by atoms with Crippen molar-refractivity contribution in [2.24, 2.45) is 5.14 Å². The number of hydrogen-bond donors (Lipinski definition) is 2. The molecule has 1 amide bonds. The molecule has 152 valence electrons. The Kier molecular flexibility index (Phi) is 6.08. The Morgan fingerprint density at radius 1 is 1.07 bits per heavy atom. The lowest BCUT2D eigenvalue weighted by Crippen LogP contribution is -2.14. The van der Waals surface area contributed by atoms with Crippen LogP contribution in [0.2, 0.25) is 5.02 Å². The highest BCUT2D eigenvalue weighted by Gasteiger charge is 2.13. The van der Waals surface area contributed by atoms with Crippen molar-refractivity contribution in [3.63, 3.8) is 0 Å². The van der Waals surface area contributed by atoms with Crippen LogP contribution < -0.4 is 15.2 Å². The first-order valence-corrected chi connectivity index (χ1v) is 10.5. The Morgan fingerprint density at radius 3 is 2.30 bits per heavy atom. The summed E-state index contributed by atoms with van der Waals surface area (Å²) in [7, 11) is -3.80. The maximum Gasteiger partial charge on any atom is 0.255 e. The lowest BCUT2D eigenvalue weighted by Gasteiger charge is -2.12. The summed E-state index contributed by atoms with van der Waals surface area (Å²) in [6.45, 7) is 1.81. The molecule has 0 saturated heterocycles. The van der Waals surface area contributed by atoms with Gasteiger partial charge in [0, 0.05) is 11.3 Å². The minimum Gasteiger partial charge on any atom is -0.456 e. The van der Waals surface area contributed by atoms with E-state index in [-0.39, 0.29) is 9.92 Å². The van der Waals surface area contributed by atoms with Crippen molar-refractivity contribution in [1.82, 2.24) is 0 Å². The largest absolute Gasteiger partial charge is 0.456 e. The van der Waals surface area contributed by atoms with Crippen molar-refractivity contribution >= 4 is 33.2 Å². The summed E-state index contributed by atoms with van der Waals surface area (Å²) in [6, 6.07) is 17.1. The second-order valence-electron chi connectivity index (χ2n) is 6.36. The number of benzene rings is 3. The standard InChI is InChI=1S/C21H16ClN3O4S/c1-13-10-14(12-23)2-8-19(13)29-20-9-3-15(11-18(20)22)21(26)25-16-4-6-17(7-5-16)30(24,27)28/h2-11H,1H3,(H,25,26)(H2,24,27,28). The van der Waals surface area contributed by atoms with E-state index in [0.717, 1.165) is 5.56 Å². The maximum atomic E-state index is 12.5. The van der Waals surface area contributed by atoms with Crippen molar-refractivity contribution in [2.45, 2.75) is 11.8 Å². The van der Waals surface area contributed by atoms with Crippen molar-refractivity contribution in [2.75, 3.05) is 5.32 Å². The number of nitrogens with one attached hydrogen (secondary N) is 1. The molecule has 30 heavy (non-hydrogen) atoms. The van der Waals surface area contributed by atoms with E-state index >= 15 is 0 Å². The number of halogens is 1. The normalized spacial score (nSPS) is 10.9. The summed E-state index contributed by atoms with van der Waals surface area (Å²) >= 11 is 6.27. The molecule has 7 nitrogen and oxygen atoms in total. The molecule has 0 aromatic heterocycles. The molecule has 0 spiro atoms. The van der Waals surface area contributed by atoms with E-state index in [9.17, 15) is 13.2 Å². The molecular formula is C21H16ClN3O4S. The van der Waals surface area contributed by atoms with Crippen LogP contribution in [-0.2, 0) is 10.0 Å². The van der Waals surface area contributed by atoms with Crippen molar-refractivity contribution in [1.29, 1.82) is 5.26 Å². The molecule has 0 bridgehead atoms. The number of hydrogen-bond acceptors (Lipinski definition) is 5. The summed E-state index contributed by atoms with van der Waals surface area (Å²) in [5.41, 5.74) is 1.99. The third-order valence-electron chi connectivity index (χ3n) is 4.16. The number of nitrogens with zero attached hydrogens (tertiary/aromatic N) is 1. The van der Waals surface area contributed by atoms with Crippen LogP contribution in [0.25, 0.3) is 0 Å². The number of nitrogens with two attached hydrogens (primary N) is 1. The Morgan fingerprint density at radius 2 is 1.73 bits per heavy atom. The van der Waals surface area contributed by atoms with Gasteiger partial charge in [0.1, 0.15) is 11.5 Å². The van der Waals surface area contributed by atoms with Gasteiger partial charge >= 0.3 is 0 Å². The molecule has 0 atom stereocenters. The molecule has 0 radical (unpaired) electrons. The molecule has 0 aliphatic carbocycles. The second kappa shape index (κ2) is 8.55. The Bertz CT molecular complexity index is 1270. The number of carbonyl (C=O) groups is 1. The lowest BCUT2D eigenvalue weighted by atomic mass is 10.1. The first-order chi connectivity index (χ1) is 14.2. The Labute approximate surface area is 178 Å². The fourth-order valence-electron chi connectivity index (χ4n) is 2.61. The van der Waals surface area contributed by atoms with Crippen molar-refractivity contribution in [3.05, 3.63) is 82.4 Å². The fourth-order valence-corrected chi connectivity index (χ4v) is 3.34. The van der Waals surface area contributed by atoms with Gasteiger partial charge in [-0.2, -0.15) is 5.26 Å². The molecule has 3 N–H and O–H groups in total. The Hall–Kier alpha value is -3.38. The molecule has 3 rings (SSSR count). The highest BCUT2D eigenvalue weighted by atomic mass is 35.5. The number of sulfonamides is 1. The van der Waals surface area contributed by atoms with E-state index in [1.807, 2.05) is 6.92 Å². The zero-order valence-corrected chi connectivity index (χ0v) is 17.3. The van der Waals surface area contributed by atoms with Gasteiger partial charge in [-0.3, -0.25) is 4.79 Å². The van der Waals surface area contributed by atoms with Gasteiger partial charge < -0.3 is 10.1 Å². The minimum absolute atomic E-state index is 0.0526. The third-order valence-corrected chi connectivity index (χ3v) is 5.38. The van der Waals surface area contributed by atoms with E-state index in [4.69, 9.17) is 26.7 Å². The number of primary sulfonamides is 1. The molecule has 0 aliphatic rings. The van der Waals surface area contributed by atoms with Crippen molar-refractivity contribution in [3.8, 4) is 17.6 Å². The van der Waals surface area contributed by atoms with Crippen LogP contribution in [0, 0.1) is 18.3 Å².